The molecule has 2 aromatic heterocycles. The highest BCUT2D eigenvalue weighted by atomic mass is 32.1. The molecule has 0 radical (unpaired) electrons. The van der Waals surface area contributed by atoms with Gasteiger partial charge in [-0.1, -0.05) is 11.3 Å². The van der Waals surface area contributed by atoms with E-state index in [9.17, 15) is 4.79 Å². The summed E-state index contributed by atoms with van der Waals surface area (Å²) in [5.74, 6) is 1.94. The van der Waals surface area contributed by atoms with Crippen LogP contribution in [0.25, 0.3) is 10.3 Å². The minimum Gasteiger partial charge on any atom is -0.493 e. The molecule has 3 heterocycles. The van der Waals surface area contributed by atoms with Crippen molar-refractivity contribution in [1.29, 1.82) is 0 Å². The van der Waals surface area contributed by atoms with E-state index in [1.54, 1.807) is 38.9 Å². The summed E-state index contributed by atoms with van der Waals surface area (Å²) in [5.41, 5.74) is 1.94. The lowest BCUT2D eigenvalue weighted by Gasteiger charge is -2.31. The first-order valence-electron chi connectivity index (χ1n) is 10.7. The normalized spacial score (nSPS) is 14.4. The number of pyridine rings is 1. The Bertz CT molecular complexity index is 1020. The highest BCUT2D eigenvalue weighted by molar-refractivity contribution is 7.21. The van der Waals surface area contributed by atoms with E-state index < -0.39 is 0 Å². The zero-order chi connectivity index (χ0) is 22.5. The van der Waals surface area contributed by atoms with E-state index in [1.807, 2.05) is 24.3 Å². The predicted octanol–water partition coefficient (Wildman–Crippen LogP) is 3.29. The summed E-state index contributed by atoms with van der Waals surface area (Å²) in [6.07, 6.45) is 4.11. The third-order valence-electron chi connectivity index (χ3n) is 5.73. The van der Waals surface area contributed by atoms with Crippen LogP contribution in [0.2, 0.25) is 0 Å². The molecule has 0 atom stereocenters. The highest BCUT2D eigenvalue weighted by Gasteiger charge is 2.26. The van der Waals surface area contributed by atoms with Gasteiger partial charge in [0.25, 0.3) is 0 Å². The number of nitrogens with one attached hydrogen (secondary N) is 1. The van der Waals surface area contributed by atoms with Gasteiger partial charge in [0.2, 0.25) is 11.7 Å². The quantitative estimate of drug-likeness (QED) is 0.557. The number of anilines is 1. The van der Waals surface area contributed by atoms with Crippen LogP contribution in [0, 0.1) is 5.92 Å². The number of rotatable bonds is 8. The minimum absolute atomic E-state index is 0.0266. The number of hydrogen-bond donors (Lipinski definition) is 1. The molecule has 0 bridgehead atoms. The number of fused-ring (bicyclic) bond motifs is 1. The Labute approximate surface area is 191 Å². The first kappa shape index (κ1) is 22.1. The van der Waals surface area contributed by atoms with Crippen molar-refractivity contribution in [3.63, 3.8) is 0 Å². The fourth-order valence-electron chi connectivity index (χ4n) is 3.98. The van der Waals surface area contributed by atoms with Gasteiger partial charge in [-0.3, -0.25) is 4.79 Å². The number of piperidine rings is 1. The molecule has 8 nitrogen and oxygen atoms in total. The van der Waals surface area contributed by atoms with Gasteiger partial charge in [0, 0.05) is 31.7 Å². The zero-order valence-corrected chi connectivity index (χ0v) is 19.4. The Morgan fingerprint density at radius 2 is 1.88 bits per heavy atom. The number of methoxy groups -OCH3 is 3. The lowest BCUT2D eigenvalue weighted by Crippen LogP contribution is -2.41. The average molecular weight is 457 g/mol. The van der Waals surface area contributed by atoms with Crippen LogP contribution in [0.1, 0.15) is 18.4 Å². The number of benzene rings is 1. The molecule has 1 saturated heterocycles. The second kappa shape index (κ2) is 10.0. The van der Waals surface area contributed by atoms with Crippen molar-refractivity contribution in [1.82, 2.24) is 15.3 Å². The molecule has 1 fully saturated rings. The molecule has 1 aromatic carbocycles. The molecule has 9 heteroatoms. The summed E-state index contributed by atoms with van der Waals surface area (Å²) in [4.78, 5) is 25.0. The number of thiazole rings is 1. The SMILES string of the molecule is COc1cc(CCNC(=O)C2CCN(c3nc4cccnc4s3)CC2)cc(OC)c1OC. The molecule has 4 rings (SSSR count). The molecular formula is C23H28N4O4S. The Morgan fingerprint density at radius 1 is 1.16 bits per heavy atom. The zero-order valence-electron chi connectivity index (χ0n) is 18.6. The van der Waals surface area contributed by atoms with E-state index in [-0.39, 0.29) is 11.8 Å². The largest absolute Gasteiger partial charge is 0.493 e. The van der Waals surface area contributed by atoms with E-state index in [0.29, 0.717) is 30.2 Å². The van der Waals surface area contributed by atoms with Crippen LogP contribution in [0.5, 0.6) is 17.2 Å². The lowest BCUT2D eigenvalue weighted by atomic mass is 9.96. The van der Waals surface area contributed by atoms with E-state index in [1.165, 1.54) is 0 Å². The molecule has 1 aliphatic rings. The van der Waals surface area contributed by atoms with Crippen molar-refractivity contribution in [2.24, 2.45) is 5.92 Å². The van der Waals surface area contributed by atoms with Crippen molar-refractivity contribution < 1.29 is 19.0 Å². The van der Waals surface area contributed by atoms with Crippen molar-refractivity contribution in [3.8, 4) is 17.2 Å². The molecule has 0 spiro atoms. The van der Waals surface area contributed by atoms with Crippen LogP contribution in [-0.2, 0) is 11.2 Å². The van der Waals surface area contributed by atoms with Crippen LogP contribution in [-0.4, -0.2) is 56.8 Å². The predicted molar refractivity (Wildman–Crippen MR) is 125 cm³/mol. The number of carbonyl (C=O) groups is 1. The average Bonchev–Trinajstić information content (AvgIpc) is 3.27. The van der Waals surface area contributed by atoms with E-state index >= 15 is 0 Å². The molecule has 1 aliphatic heterocycles. The van der Waals surface area contributed by atoms with Crippen LogP contribution in [0.15, 0.2) is 30.5 Å². The van der Waals surface area contributed by atoms with Gasteiger partial charge < -0.3 is 24.4 Å². The second-order valence-corrected chi connectivity index (χ2v) is 8.62. The van der Waals surface area contributed by atoms with Crippen molar-refractivity contribution in [2.75, 3.05) is 45.9 Å². The second-order valence-electron chi connectivity index (χ2n) is 7.66. The third-order valence-corrected chi connectivity index (χ3v) is 6.77. The molecule has 1 N–H and O–H groups in total. The molecule has 3 aromatic rings. The first-order chi connectivity index (χ1) is 15.6. The standard InChI is InChI=1S/C23H28N4O4S/c1-29-18-13-15(14-19(30-2)20(18)31-3)6-10-24-21(28)16-7-11-27(12-8-16)23-26-17-5-4-9-25-22(17)32-23/h4-5,9,13-14,16H,6-8,10-12H2,1-3H3,(H,24,28). The fourth-order valence-corrected chi connectivity index (χ4v) is 4.94. The number of ether oxygens (including phenoxy) is 3. The van der Waals surface area contributed by atoms with Crippen LogP contribution < -0.4 is 24.4 Å². The summed E-state index contributed by atoms with van der Waals surface area (Å²) in [6.45, 7) is 2.21. The van der Waals surface area contributed by atoms with Gasteiger partial charge >= 0.3 is 0 Å². The fraction of sp³-hybridized carbons (Fsp3) is 0.435. The van der Waals surface area contributed by atoms with E-state index in [4.69, 9.17) is 14.2 Å². The van der Waals surface area contributed by atoms with Gasteiger partial charge in [0.15, 0.2) is 16.6 Å². The Kier molecular flexibility index (Phi) is 6.94. The van der Waals surface area contributed by atoms with Crippen molar-refractivity contribution in [3.05, 3.63) is 36.0 Å². The topological polar surface area (TPSA) is 85.8 Å². The lowest BCUT2D eigenvalue weighted by molar-refractivity contribution is -0.125. The number of nitrogens with zero attached hydrogens (tertiary/aromatic N) is 3. The number of carbonyl (C=O) groups excluding carboxylic acids is 1. The summed E-state index contributed by atoms with van der Waals surface area (Å²) in [7, 11) is 4.78. The molecule has 0 aliphatic carbocycles. The maximum Gasteiger partial charge on any atom is 0.223 e. The van der Waals surface area contributed by atoms with Gasteiger partial charge in [0.05, 0.1) is 21.3 Å². The summed E-state index contributed by atoms with van der Waals surface area (Å²) in [6, 6.07) is 7.72. The monoisotopic (exact) mass is 456 g/mol. The Hall–Kier alpha value is -3.07. The van der Waals surface area contributed by atoms with Crippen LogP contribution in [0.3, 0.4) is 0 Å². The summed E-state index contributed by atoms with van der Waals surface area (Å²) in [5, 5.41) is 4.07. The van der Waals surface area contributed by atoms with Gasteiger partial charge in [-0.05, 0) is 49.1 Å². The van der Waals surface area contributed by atoms with E-state index in [0.717, 1.165) is 47.0 Å². The number of hydrogen-bond acceptors (Lipinski definition) is 8. The summed E-state index contributed by atoms with van der Waals surface area (Å²) < 4.78 is 16.2. The summed E-state index contributed by atoms with van der Waals surface area (Å²) >= 11 is 1.61. The smallest absolute Gasteiger partial charge is 0.223 e. The third kappa shape index (κ3) is 4.72. The molecule has 170 valence electrons. The number of aromatic nitrogens is 2. The van der Waals surface area contributed by atoms with Crippen LogP contribution >= 0.6 is 11.3 Å². The van der Waals surface area contributed by atoms with Gasteiger partial charge in [-0.2, -0.15) is 0 Å². The van der Waals surface area contributed by atoms with Crippen LogP contribution in [0.4, 0.5) is 5.13 Å². The van der Waals surface area contributed by atoms with E-state index in [2.05, 4.69) is 20.2 Å². The number of amides is 1. The molecule has 0 unspecified atom stereocenters. The first-order valence-corrected chi connectivity index (χ1v) is 11.5. The highest BCUT2D eigenvalue weighted by Crippen LogP contribution is 2.38. The maximum atomic E-state index is 12.7. The molecule has 1 amide bonds. The minimum atomic E-state index is 0.0266. The maximum absolute atomic E-state index is 12.7. The Morgan fingerprint density at radius 3 is 2.50 bits per heavy atom. The van der Waals surface area contributed by atoms with Gasteiger partial charge in [-0.15, -0.1) is 0 Å². The molecule has 0 saturated carbocycles. The molecule has 32 heavy (non-hydrogen) atoms. The van der Waals surface area contributed by atoms with Gasteiger partial charge in [-0.25, -0.2) is 9.97 Å². The molecular weight excluding hydrogens is 428 g/mol. The van der Waals surface area contributed by atoms with Gasteiger partial charge in [0.1, 0.15) is 10.3 Å². The Balaban J connectivity index is 1.28. The van der Waals surface area contributed by atoms with Crippen molar-refractivity contribution in [2.45, 2.75) is 19.3 Å². The van der Waals surface area contributed by atoms with Crippen molar-refractivity contribution >= 4 is 32.7 Å².